The molecule has 2 nitrogen and oxygen atoms in total. The molecule has 0 radical (unpaired) electrons. The normalized spacial score (nSPS) is 20.5. The van der Waals surface area contributed by atoms with Crippen LogP contribution in [0.3, 0.4) is 0 Å². The molecule has 1 atom stereocenters. The maximum absolute atomic E-state index is 13.2. The van der Waals surface area contributed by atoms with Gasteiger partial charge < -0.3 is 10.2 Å². The molecular formula is C10H13FN2. The quantitative estimate of drug-likeness (QED) is 0.704. The minimum Gasteiger partial charge on any atom is -0.361 e. The molecule has 0 aromatic heterocycles. The number of halogens is 1. The third-order valence-electron chi connectivity index (χ3n) is 2.32. The molecule has 1 saturated heterocycles. The van der Waals surface area contributed by atoms with Crippen LogP contribution in [0.2, 0.25) is 0 Å². The van der Waals surface area contributed by atoms with Crippen molar-refractivity contribution in [2.75, 3.05) is 25.0 Å². The molecule has 1 heterocycles. The van der Waals surface area contributed by atoms with Crippen LogP contribution in [0, 0.1) is 5.82 Å². The predicted octanol–water partition coefficient (Wildman–Crippen LogP) is 1.23. The highest BCUT2D eigenvalue weighted by Gasteiger charge is 2.34. The Morgan fingerprint density at radius 3 is 3.00 bits per heavy atom. The van der Waals surface area contributed by atoms with Crippen LogP contribution in [0.5, 0.6) is 0 Å². The molecule has 3 heteroatoms. The van der Waals surface area contributed by atoms with Gasteiger partial charge in [0.2, 0.25) is 0 Å². The van der Waals surface area contributed by atoms with E-state index in [1.807, 2.05) is 19.2 Å². The lowest BCUT2D eigenvalue weighted by atomic mass is 10.3. The number of rotatable bonds is 3. The fraction of sp³-hybridized carbons (Fsp3) is 0.400. The van der Waals surface area contributed by atoms with E-state index in [0.29, 0.717) is 6.04 Å². The maximum atomic E-state index is 13.2. The summed E-state index contributed by atoms with van der Waals surface area (Å²) in [6, 6.07) is 7.39. The second-order valence-electron chi connectivity index (χ2n) is 3.32. The summed E-state index contributed by atoms with van der Waals surface area (Å²) < 4.78 is 13.2. The lowest BCUT2D eigenvalue weighted by Gasteiger charge is -2.05. The van der Waals surface area contributed by atoms with Crippen molar-refractivity contribution in [2.45, 2.75) is 6.04 Å². The van der Waals surface area contributed by atoms with Crippen LogP contribution in [-0.2, 0) is 0 Å². The minimum atomic E-state index is -0.124. The molecule has 1 aromatic carbocycles. The molecule has 1 N–H and O–H groups in total. The molecule has 0 spiro atoms. The Morgan fingerprint density at radius 2 is 2.31 bits per heavy atom. The maximum Gasteiger partial charge on any atom is 0.146 e. The number of nitrogens with one attached hydrogen (secondary N) is 1. The van der Waals surface area contributed by atoms with Gasteiger partial charge in [-0.15, -0.1) is 0 Å². The Kier molecular flexibility index (Phi) is 2.19. The van der Waals surface area contributed by atoms with E-state index in [4.69, 9.17) is 0 Å². The van der Waals surface area contributed by atoms with E-state index >= 15 is 0 Å². The molecule has 0 amide bonds. The monoisotopic (exact) mass is 180 g/mol. The Hall–Kier alpha value is -1.09. The van der Waals surface area contributed by atoms with E-state index in [-0.39, 0.29) is 5.82 Å². The summed E-state index contributed by atoms with van der Waals surface area (Å²) in [5.41, 5.74) is 0.725. The highest BCUT2D eigenvalue weighted by Crippen LogP contribution is 2.29. The number of nitrogens with zero attached hydrogens (tertiary/aromatic N) is 1. The van der Waals surface area contributed by atoms with Crippen LogP contribution in [0.1, 0.15) is 0 Å². The summed E-state index contributed by atoms with van der Waals surface area (Å²) in [5.74, 6) is -0.124. The molecule has 1 fully saturated rings. The number of benzene rings is 1. The first kappa shape index (κ1) is 8.51. The van der Waals surface area contributed by atoms with Gasteiger partial charge in [-0.3, -0.25) is 0 Å². The second-order valence-corrected chi connectivity index (χ2v) is 3.32. The summed E-state index contributed by atoms with van der Waals surface area (Å²) in [6.45, 7) is 1.89. The zero-order chi connectivity index (χ0) is 9.26. The minimum absolute atomic E-state index is 0.124. The first-order valence-electron chi connectivity index (χ1n) is 4.48. The van der Waals surface area contributed by atoms with Gasteiger partial charge in [0.1, 0.15) is 5.82 Å². The lowest BCUT2D eigenvalue weighted by molar-refractivity contribution is 0.627. The van der Waals surface area contributed by atoms with Crippen molar-refractivity contribution < 1.29 is 4.39 Å². The number of para-hydroxylation sites is 1. The van der Waals surface area contributed by atoms with Crippen molar-refractivity contribution in [3.05, 3.63) is 30.1 Å². The van der Waals surface area contributed by atoms with E-state index in [2.05, 4.69) is 10.2 Å². The van der Waals surface area contributed by atoms with Gasteiger partial charge in [-0.2, -0.15) is 0 Å². The smallest absolute Gasteiger partial charge is 0.146 e. The van der Waals surface area contributed by atoms with Crippen molar-refractivity contribution >= 4 is 5.69 Å². The average Bonchev–Trinajstić information content (AvgIpc) is 2.86. The van der Waals surface area contributed by atoms with Crippen LogP contribution in [0.4, 0.5) is 10.1 Å². The highest BCUT2D eigenvalue weighted by molar-refractivity contribution is 5.54. The Morgan fingerprint density at radius 1 is 1.54 bits per heavy atom. The van der Waals surface area contributed by atoms with Crippen molar-refractivity contribution in [1.29, 1.82) is 0 Å². The van der Waals surface area contributed by atoms with Crippen LogP contribution >= 0.6 is 0 Å². The van der Waals surface area contributed by atoms with Gasteiger partial charge in [-0.25, -0.2) is 4.39 Å². The number of hydrogen-bond donors (Lipinski definition) is 1. The molecule has 0 bridgehead atoms. The lowest BCUT2D eigenvalue weighted by Crippen LogP contribution is -2.17. The zero-order valence-electron chi connectivity index (χ0n) is 7.63. The molecule has 1 aliphatic heterocycles. The van der Waals surface area contributed by atoms with Gasteiger partial charge in [0, 0.05) is 13.1 Å². The van der Waals surface area contributed by atoms with E-state index < -0.39 is 0 Å². The molecule has 1 unspecified atom stereocenters. The first-order chi connectivity index (χ1) is 6.33. The van der Waals surface area contributed by atoms with Gasteiger partial charge >= 0.3 is 0 Å². The first-order valence-corrected chi connectivity index (χ1v) is 4.48. The second kappa shape index (κ2) is 3.34. The Labute approximate surface area is 77.4 Å². The fourth-order valence-corrected chi connectivity index (χ4v) is 1.57. The van der Waals surface area contributed by atoms with Crippen molar-refractivity contribution in [3.63, 3.8) is 0 Å². The van der Waals surface area contributed by atoms with Gasteiger partial charge in [0.25, 0.3) is 0 Å². The molecule has 1 aromatic rings. The van der Waals surface area contributed by atoms with E-state index in [0.717, 1.165) is 18.8 Å². The van der Waals surface area contributed by atoms with Crippen molar-refractivity contribution in [1.82, 2.24) is 5.32 Å². The van der Waals surface area contributed by atoms with Crippen LogP contribution in [0.25, 0.3) is 0 Å². The third kappa shape index (κ3) is 1.65. The predicted molar refractivity (Wildman–Crippen MR) is 51.5 cm³/mol. The summed E-state index contributed by atoms with van der Waals surface area (Å²) in [7, 11) is 1.91. The summed E-state index contributed by atoms with van der Waals surface area (Å²) in [5, 5.41) is 3.08. The Balaban J connectivity index is 2.07. The molecule has 0 saturated carbocycles. The average molecular weight is 180 g/mol. The molecule has 70 valence electrons. The van der Waals surface area contributed by atoms with E-state index in [9.17, 15) is 4.39 Å². The van der Waals surface area contributed by atoms with Crippen molar-refractivity contribution in [3.8, 4) is 0 Å². The standard InChI is InChI=1S/C10H13FN2/c1-12-6-8-7-13(8)10-5-3-2-4-9(10)11/h2-5,8,12H,6-7H2,1H3. The van der Waals surface area contributed by atoms with E-state index in [1.165, 1.54) is 6.07 Å². The van der Waals surface area contributed by atoms with Gasteiger partial charge in [-0.05, 0) is 19.2 Å². The van der Waals surface area contributed by atoms with Crippen LogP contribution < -0.4 is 10.2 Å². The van der Waals surface area contributed by atoms with Crippen LogP contribution in [0.15, 0.2) is 24.3 Å². The Bertz CT molecular complexity index is 301. The van der Waals surface area contributed by atoms with E-state index in [1.54, 1.807) is 6.07 Å². The molecule has 0 aliphatic carbocycles. The van der Waals surface area contributed by atoms with Crippen molar-refractivity contribution in [2.24, 2.45) is 0 Å². The number of likely N-dealkylation sites (N-methyl/N-ethyl adjacent to an activating group) is 1. The summed E-state index contributed by atoms with van der Waals surface area (Å²) >= 11 is 0. The van der Waals surface area contributed by atoms with Gasteiger partial charge in [-0.1, -0.05) is 12.1 Å². The number of anilines is 1. The van der Waals surface area contributed by atoms with Gasteiger partial charge in [0.05, 0.1) is 11.7 Å². The highest BCUT2D eigenvalue weighted by atomic mass is 19.1. The summed E-state index contributed by atoms with van der Waals surface area (Å²) in [6.07, 6.45) is 0. The molecule has 2 rings (SSSR count). The SMILES string of the molecule is CNCC1CN1c1ccccc1F. The number of hydrogen-bond acceptors (Lipinski definition) is 2. The summed E-state index contributed by atoms with van der Waals surface area (Å²) in [4.78, 5) is 2.06. The largest absolute Gasteiger partial charge is 0.361 e. The molecule has 1 aliphatic rings. The van der Waals surface area contributed by atoms with Gasteiger partial charge in [0.15, 0.2) is 0 Å². The van der Waals surface area contributed by atoms with Crippen LogP contribution in [-0.4, -0.2) is 26.2 Å². The third-order valence-corrected chi connectivity index (χ3v) is 2.32. The topological polar surface area (TPSA) is 15.0 Å². The zero-order valence-corrected chi connectivity index (χ0v) is 7.63. The molecule has 13 heavy (non-hydrogen) atoms. The molecular weight excluding hydrogens is 167 g/mol. The fourth-order valence-electron chi connectivity index (χ4n) is 1.57.